The molecule has 1 aliphatic carbocycles. The molecule has 0 bridgehead atoms. The van der Waals surface area contributed by atoms with Crippen LogP contribution in [0.25, 0.3) is 0 Å². The Morgan fingerprint density at radius 2 is 2.11 bits per heavy atom. The maximum absolute atomic E-state index is 12.2. The van der Waals surface area contributed by atoms with Gasteiger partial charge in [0, 0.05) is 18.0 Å². The number of nitrogens with two attached hydrogens (primary N) is 1. The monoisotopic (exact) mass is 288 g/mol. The first kappa shape index (κ1) is 13.5. The average Bonchev–Trinajstić information content (AvgIpc) is 2.55. The second-order valence-corrected chi connectivity index (χ2v) is 7.36. The number of rotatable bonds is 3. The third kappa shape index (κ3) is 2.43. The molecule has 0 unspecified atom stereocenters. The number of carbonyl (C=O) groups is 1. The smallest absolute Gasteiger partial charge is 0.263 e. The number of hydrogen-bond acceptors (Lipinski definition) is 4. The van der Waals surface area contributed by atoms with Crippen LogP contribution >= 0.6 is 11.3 Å². The van der Waals surface area contributed by atoms with Gasteiger partial charge >= 0.3 is 0 Å². The van der Waals surface area contributed by atoms with Crippen LogP contribution in [0.3, 0.4) is 0 Å². The molecule has 0 spiro atoms. The lowest BCUT2D eigenvalue weighted by Gasteiger charge is -2.34. The molecule has 18 heavy (non-hydrogen) atoms. The Labute approximate surface area is 111 Å². The minimum atomic E-state index is -3.74. The maximum Gasteiger partial charge on any atom is 0.263 e. The van der Waals surface area contributed by atoms with Gasteiger partial charge in [-0.3, -0.25) is 4.79 Å². The molecule has 7 heteroatoms. The van der Waals surface area contributed by atoms with Crippen molar-refractivity contribution >= 4 is 27.3 Å². The third-order valence-electron chi connectivity index (χ3n) is 3.33. The minimum Gasteiger partial charge on any atom is -0.338 e. The van der Waals surface area contributed by atoms with Crippen molar-refractivity contribution in [3.8, 4) is 0 Å². The molecule has 0 saturated heterocycles. The van der Waals surface area contributed by atoms with Crippen LogP contribution in [0.2, 0.25) is 0 Å². The summed E-state index contributed by atoms with van der Waals surface area (Å²) in [6, 6.07) is 1.67. The molecule has 0 radical (unpaired) electrons. The summed E-state index contributed by atoms with van der Waals surface area (Å²) < 4.78 is 22.6. The van der Waals surface area contributed by atoms with Crippen molar-refractivity contribution in [2.75, 3.05) is 7.05 Å². The summed E-state index contributed by atoms with van der Waals surface area (Å²) in [7, 11) is -1.98. The van der Waals surface area contributed by atoms with Gasteiger partial charge in [0.1, 0.15) is 0 Å². The van der Waals surface area contributed by atoms with Crippen molar-refractivity contribution in [3.63, 3.8) is 0 Å². The number of sulfonamides is 1. The summed E-state index contributed by atoms with van der Waals surface area (Å²) in [5.74, 6) is -0.122. The highest BCUT2D eigenvalue weighted by atomic mass is 32.2. The van der Waals surface area contributed by atoms with Crippen LogP contribution in [0, 0.1) is 6.92 Å². The third-order valence-corrected chi connectivity index (χ3v) is 5.54. The fraction of sp³-hybridized carbons (Fsp3) is 0.545. The van der Waals surface area contributed by atoms with E-state index in [1.54, 1.807) is 18.9 Å². The van der Waals surface area contributed by atoms with Crippen molar-refractivity contribution in [3.05, 3.63) is 15.8 Å². The van der Waals surface area contributed by atoms with E-state index < -0.39 is 10.0 Å². The SMILES string of the molecule is Cc1sc(C(=O)N(C)C2CCC2)cc1S(N)(=O)=O. The first-order valence-corrected chi connectivity index (χ1v) is 8.07. The summed E-state index contributed by atoms with van der Waals surface area (Å²) in [5, 5.41) is 5.10. The summed E-state index contributed by atoms with van der Waals surface area (Å²) in [6.07, 6.45) is 3.19. The van der Waals surface area contributed by atoms with E-state index in [1.807, 2.05) is 0 Å². The first-order chi connectivity index (χ1) is 8.30. The van der Waals surface area contributed by atoms with Gasteiger partial charge in [-0.1, -0.05) is 0 Å². The van der Waals surface area contributed by atoms with E-state index >= 15 is 0 Å². The largest absolute Gasteiger partial charge is 0.338 e. The average molecular weight is 288 g/mol. The van der Waals surface area contributed by atoms with Crippen LogP contribution < -0.4 is 5.14 Å². The van der Waals surface area contributed by atoms with Crippen LogP contribution in [-0.4, -0.2) is 32.3 Å². The number of nitrogens with zero attached hydrogens (tertiary/aromatic N) is 1. The Morgan fingerprint density at radius 3 is 2.50 bits per heavy atom. The van der Waals surface area contributed by atoms with E-state index in [0.29, 0.717) is 9.75 Å². The van der Waals surface area contributed by atoms with Gasteiger partial charge < -0.3 is 4.90 Å². The number of hydrogen-bond donors (Lipinski definition) is 1. The zero-order valence-corrected chi connectivity index (χ0v) is 12.0. The van der Waals surface area contributed by atoms with Crippen LogP contribution in [-0.2, 0) is 10.0 Å². The Morgan fingerprint density at radius 1 is 1.50 bits per heavy atom. The molecule has 0 atom stereocenters. The van der Waals surface area contributed by atoms with Crippen molar-refractivity contribution in [1.82, 2.24) is 4.90 Å². The highest BCUT2D eigenvalue weighted by Gasteiger charge is 2.28. The van der Waals surface area contributed by atoms with E-state index in [1.165, 1.54) is 17.4 Å². The summed E-state index contributed by atoms with van der Waals surface area (Å²) in [5.41, 5.74) is 0. The van der Waals surface area contributed by atoms with E-state index in [0.717, 1.165) is 19.3 Å². The molecule has 1 aromatic heterocycles. The van der Waals surface area contributed by atoms with Crippen molar-refractivity contribution in [2.45, 2.75) is 37.1 Å². The molecule has 0 aliphatic heterocycles. The summed E-state index contributed by atoms with van der Waals surface area (Å²) in [4.78, 5) is 14.9. The molecule has 2 N–H and O–H groups in total. The van der Waals surface area contributed by atoms with Gasteiger partial charge in [0.2, 0.25) is 10.0 Å². The van der Waals surface area contributed by atoms with E-state index in [-0.39, 0.29) is 16.8 Å². The lowest BCUT2D eigenvalue weighted by molar-refractivity contribution is 0.0657. The normalized spacial score (nSPS) is 16.4. The predicted octanol–water partition coefficient (Wildman–Crippen LogP) is 1.33. The molecule has 1 heterocycles. The van der Waals surface area contributed by atoms with Gasteiger partial charge in [-0.2, -0.15) is 0 Å². The van der Waals surface area contributed by atoms with Gasteiger partial charge in [0.25, 0.3) is 5.91 Å². The van der Waals surface area contributed by atoms with Gasteiger partial charge in [0.15, 0.2) is 0 Å². The standard InChI is InChI=1S/C11H16N2O3S2/c1-7-10(18(12,15)16)6-9(17-7)11(14)13(2)8-4-3-5-8/h6,8H,3-5H2,1-2H3,(H2,12,15,16). The van der Waals surface area contributed by atoms with Crippen LogP contribution in [0.5, 0.6) is 0 Å². The van der Waals surface area contributed by atoms with Gasteiger partial charge in [-0.25, -0.2) is 13.6 Å². The Hall–Kier alpha value is -0.920. The number of thiophene rings is 1. The molecule has 2 rings (SSSR count). The number of amides is 1. The molecule has 1 aromatic rings. The highest BCUT2D eigenvalue weighted by molar-refractivity contribution is 7.89. The molecule has 5 nitrogen and oxygen atoms in total. The predicted molar refractivity (Wildman–Crippen MR) is 70.2 cm³/mol. The summed E-state index contributed by atoms with van der Waals surface area (Å²) in [6.45, 7) is 1.66. The minimum absolute atomic E-state index is 0.0536. The molecule has 1 aliphatic rings. The Kier molecular flexibility index (Phi) is 3.48. The van der Waals surface area contributed by atoms with Crippen molar-refractivity contribution in [2.24, 2.45) is 5.14 Å². The molecule has 1 saturated carbocycles. The lowest BCUT2D eigenvalue weighted by Crippen LogP contribution is -2.40. The van der Waals surface area contributed by atoms with Gasteiger partial charge in [-0.05, 0) is 32.3 Å². The maximum atomic E-state index is 12.2. The van der Waals surface area contributed by atoms with Crippen LogP contribution in [0.15, 0.2) is 11.0 Å². The number of aryl methyl sites for hydroxylation is 1. The zero-order chi connectivity index (χ0) is 13.5. The van der Waals surface area contributed by atoms with E-state index in [4.69, 9.17) is 5.14 Å². The fourth-order valence-electron chi connectivity index (χ4n) is 1.97. The summed E-state index contributed by atoms with van der Waals surface area (Å²) >= 11 is 1.18. The molecule has 1 fully saturated rings. The van der Waals surface area contributed by atoms with E-state index in [2.05, 4.69) is 0 Å². The van der Waals surface area contributed by atoms with Crippen molar-refractivity contribution in [1.29, 1.82) is 0 Å². The number of carbonyl (C=O) groups excluding carboxylic acids is 1. The Bertz CT molecular complexity index is 573. The molecular weight excluding hydrogens is 272 g/mol. The molecule has 0 aromatic carbocycles. The lowest BCUT2D eigenvalue weighted by atomic mass is 9.92. The topological polar surface area (TPSA) is 80.5 Å². The van der Waals surface area contributed by atoms with E-state index in [9.17, 15) is 13.2 Å². The fourth-order valence-corrected chi connectivity index (χ4v) is 4.10. The highest BCUT2D eigenvalue weighted by Crippen LogP contribution is 2.29. The Balaban J connectivity index is 2.26. The molecular formula is C11H16N2O3S2. The molecule has 100 valence electrons. The zero-order valence-electron chi connectivity index (χ0n) is 10.3. The first-order valence-electron chi connectivity index (χ1n) is 5.71. The van der Waals surface area contributed by atoms with Gasteiger partial charge in [0.05, 0.1) is 9.77 Å². The van der Waals surface area contributed by atoms with Crippen LogP contribution in [0.1, 0.15) is 33.8 Å². The van der Waals surface area contributed by atoms with Crippen molar-refractivity contribution < 1.29 is 13.2 Å². The van der Waals surface area contributed by atoms with Gasteiger partial charge in [-0.15, -0.1) is 11.3 Å². The van der Waals surface area contributed by atoms with Crippen LogP contribution in [0.4, 0.5) is 0 Å². The molecule has 1 amide bonds. The number of primary sulfonamides is 1. The second-order valence-electron chi connectivity index (χ2n) is 4.58. The quantitative estimate of drug-likeness (QED) is 0.911. The second kappa shape index (κ2) is 4.64.